The zero-order valence-electron chi connectivity index (χ0n) is 23.4. The molecule has 0 radical (unpaired) electrons. The molecule has 0 bridgehead atoms. The number of hydrogen-bond donors (Lipinski definition) is 0. The second-order valence-corrected chi connectivity index (χ2v) is 6.70. The Kier molecular flexibility index (Phi) is 3.87. The summed E-state index contributed by atoms with van der Waals surface area (Å²) in [6, 6.07) is 11.3. The first kappa shape index (κ1) is 12.2. The Morgan fingerprint density at radius 2 is 1.97 bits per heavy atom. The van der Waals surface area contributed by atoms with Gasteiger partial charge in [-0.2, -0.15) is 0 Å². The summed E-state index contributed by atoms with van der Waals surface area (Å²) in [5, 5.41) is -0.618. The standard InChI is InChI=1S/C23H24ClN3O2/c24-22-17-29-21-9-2-1-7-19(21)23(28)27(22)14-6-5-13-26-15-10-18(11-16-26)20-8-3-4-12-25-20/h1-4,7-10,12,17H,5-6,11,13-16H2/i5D2,6D2,13D2,14D2. The number of halogens is 1. The number of para-hydroxylation sites is 1. The molecule has 2 aromatic rings. The molecule has 0 spiro atoms. The number of benzene rings is 1. The highest BCUT2D eigenvalue weighted by Crippen LogP contribution is 2.27. The number of hydrogen-bond acceptors (Lipinski definition) is 4. The highest BCUT2D eigenvalue weighted by Gasteiger charge is 2.25. The number of amides is 1. The van der Waals surface area contributed by atoms with E-state index in [0.29, 0.717) is 12.1 Å². The average molecular weight is 418 g/mol. The van der Waals surface area contributed by atoms with E-state index < -0.39 is 36.8 Å². The van der Waals surface area contributed by atoms with E-state index in [2.05, 4.69) is 4.98 Å². The topological polar surface area (TPSA) is 45.7 Å². The van der Waals surface area contributed by atoms with Gasteiger partial charge in [0.15, 0.2) is 0 Å². The molecule has 1 amide bonds. The number of carbonyl (C=O) groups excluding carboxylic acids is 1. The zero-order chi connectivity index (χ0) is 27.2. The number of rotatable bonds is 6. The molecule has 4 rings (SSSR count). The minimum Gasteiger partial charge on any atom is -0.461 e. The lowest BCUT2D eigenvalue weighted by Gasteiger charge is -2.26. The second kappa shape index (κ2) is 9.25. The van der Waals surface area contributed by atoms with Crippen LogP contribution in [0.3, 0.4) is 0 Å². The van der Waals surface area contributed by atoms with Crippen molar-refractivity contribution in [3.63, 3.8) is 0 Å². The van der Waals surface area contributed by atoms with E-state index in [4.69, 9.17) is 27.3 Å². The number of fused-ring (bicyclic) bond motifs is 1. The summed E-state index contributed by atoms with van der Waals surface area (Å²) in [6.07, 6.45) is -2.53. The Morgan fingerprint density at radius 3 is 2.76 bits per heavy atom. The van der Waals surface area contributed by atoms with Crippen LogP contribution in [0.2, 0.25) is 0 Å². The van der Waals surface area contributed by atoms with Gasteiger partial charge in [0.25, 0.3) is 5.91 Å². The van der Waals surface area contributed by atoms with Crippen molar-refractivity contribution in [1.82, 2.24) is 14.8 Å². The van der Waals surface area contributed by atoms with Gasteiger partial charge >= 0.3 is 0 Å². The molecule has 1 aromatic carbocycles. The van der Waals surface area contributed by atoms with Crippen LogP contribution >= 0.6 is 11.6 Å². The maximum Gasteiger partial charge on any atom is 0.262 e. The van der Waals surface area contributed by atoms with E-state index >= 15 is 0 Å². The van der Waals surface area contributed by atoms with Crippen molar-refractivity contribution < 1.29 is 20.5 Å². The van der Waals surface area contributed by atoms with Crippen molar-refractivity contribution >= 4 is 23.1 Å². The number of nitrogens with zero attached hydrogens (tertiary/aromatic N) is 3. The van der Waals surface area contributed by atoms with Crippen LogP contribution in [0.15, 0.2) is 66.2 Å². The van der Waals surface area contributed by atoms with E-state index in [-0.39, 0.29) is 29.3 Å². The summed E-state index contributed by atoms with van der Waals surface area (Å²) in [5.74, 6) is -0.993. The van der Waals surface area contributed by atoms with Crippen molar-refractivity contribution in [2.45, 2.75) is 19.2 Å². The number of carbonyl (C=O) groups is 1. The van der Waals surface area contributed by atoms with E-state index in [1.165, 1.54) is 18.2 Å². The average Bonchev–Trinajstić information content (AvgIpc) is 3.00. The van der Waals surface area contributed by atoms with Crippen molar-refractivity contribution in [2.75, 3.05) is 26.1 Å². The number of pyridine rings is 1. The fourth-order valence-electron chi connectivity index (χ4n) is 2.98. The third-order valence-electron chi connectivity index (χ3n) is 4.46. The summed E-state index contributed by atoms with van der Waals surface area (Å²) in [4.78, 5) is 18.9. The molecule has 1 aromatic heterocycles. The molecule has 0 N–H and O–H groups in total. The molecule has 150 valence electrons. The zero-order valence-corrected chi connectivity index (χ0v) is 16.2. The third-order valence-corrected chi connectivity index (χ3v) is 4.72. The van der Waals surface area contributed by atoms with Crippen LogP contribution in [0, 0.1) is 0 Å². The minimum absolute atomic E-state index is 0.0402. The van der Waals surface area contributed by atoms with Crippen LogP contribution in [0.4, 0.5) is 0 Å². The molecular weight excluding hydrogens is 386 g/mol. The van der Waals surface area contributed by atoms with Gasteiger partial charge in [0.1, 0.15) is 17.2 Å². The lowest BCUT2D eigenvalue weighted by atomic mass is 10.0. The molecule has 0 atom stereocenters. The number of aromatic nitrogens is 1. The molecule has 2 aliphatic heterocycles. The highest BCUT2D eigenvalue weighted by molar-refractivity contribution is 6.30. The molecule has 0 fully saturated rings. The monoisotopic (exact) mass is 417 g/mol. The van der Waals surface area contributed by atoms with E-state index in [1.807, 2.05) is 6.07 Å². The molecule has 29 heavy (non-hydrogen) atoms. The predicted octanol–water partition coefficient (Wildman–Crippen LogP) is 4.52. The van der Waals surface area contributed by atoms with Crippen LogP contribution in [-0.4, -0.2) is 46.8 Å². The molecule has 0 aliphatic carbocycles. The molecule has 6 heteroatoms. The maximum absolute atomic E-state index is 13.3. The van der Waals surface area contributed by atoms with Crippen LogP contribution in [0.5, 0.6) is 5.75 Å². The van der Waals surface area contributed by atoms with Gasteiger partial charge in [0, 0.05) is 36.7 Å². The number of ether oxygens (including phenoxy) is 1. The Bertz CT molecular complexity index is 1250. The highest BCUT2D eigenvalue weighted by atomic mass is 35.5. The summed E-state index contributed by atoms with van der Waals surface area (Å²) in [5.41, 5.74) is 1.44. The van der Waals surface area contributed by atoms with E-state index in [1.54, 1.807) is 30.5 Å². The Morgan fingerprint density at radius 1 is 1.14 bits per heavy atom. The summed E-state index contributed by atoms with van der Waals surface area (Å²) in [7, 11) is 0. The van der Waals surface area contributed by atoms with Crippen molar-refractivity contribution in [1.29, 1.82) is 0 Å². The van der Waals surface area contributed by atoms with Gasteiger partial charge in [-0.15, -0.1) is 0 Å². The van der Waals surface area contributed by atoms with Crippen molar-refractivity contribution in [2.24, 2.45) is 0 Å². The first-order valence-corrected chi connectivity index (χ1v) is 9.42. The van der Waals surface area contributed by atoms with Gasteiger partial charge in [-0.05, 0) is 55.5 Å². The molecule has 0 saturated heterocycles. The molecule has 5 nitrogen and oxygen atoms in total. The second-order valence-electron chi connectivity index (χ2n) is 6.31. The van der Waals surface area contributed by atoms with Crippen molar-refractivity contribution in [3.8, 4) is 5.75 Å². The lowest BCUT2D eigenvalue weighted by Crippen LogP contribution is -2.31. The first-order chi connectivity index (χ1) is 17.2. The molecule has 0 saturated carbocycles. The van der Waals surface area contributed by atoms with Gasteiger partial charge < -0.3 is 4.74 Å². The van der Waals surface area contributed by atoms with E-state index in [9.17, 15) is 4.79 Å². The third kappa shape index (κ3) is 4.69. The molecule has 3 heterocycles. The SMILES string of the molecule is [2H]C([2H])(N1CC=C(c2ccccn2)CC1)C([2H])([2H])C([2H])([2H])C([2H])([2H])N1C(=O)c2ccccc2OC=C1Cl. The van der Waals surface area contributed by atoms with Crippen LogP contribution in [-0.2, 0) is 0 Å². The Hall–Kier alpha value is -2.63. The van der Waals surface area contributed by atoms with Gasteiger partial charge in [-0.25, -0.2) is 0 Å². The van der Waals surface area contributed by atoms with Gasteiger partial charge in [-0.3, -0.25) is 19.6 Å². The largest absolute Gasteiger partial charge is 0.461 e. The maximum atomic E-state index is 13.3. The van der Waals surface area contributed by atoms with Crippen molar-refractivity contribution in [3.05, 3.63) is 77.4 Å². The minimum atomic E-state index is -3.59. The van der Waals surface area contributed by atoms with Crippen LogP contribution in [0.25, 0.3) is 5.57 Å². The summed E-state index contributed by atoms with van der Waals surface area (Å²) >= 11 is 6.14. The summed E-state index contributed by atoms with van der Waals surface area (Å²) in [6.45, 7) is -6.42. The first-order valence-electron chi connectivity index (χ1n) is 13.0. The lowest BCUT2D eigenvalue weighted by molar-refractivity contribution is 0.0814. The van der Waals surface area contributed by atoms with Crippen LogP contribution in [0.1, 0.15) is 46.2 Å². The summed E-state index contributed by atoms with van der Waals surface area (Å²) < 4.78 is 73.9. The molecular formula is C23H24ClN3O2. The predicted molar refractivity (Wildman–Crippen MR) is 115 cm³/mol. The van der Waals surface area contributed by atoms with Gasteiger partial charge in [0.05, 0.1) is 11.3 Å². The fraction of sp³-hybridized carbons (Fsp3) is 0.304. The smallest absolute Gasteiger partial charge is 0.262 e. The Balaban J connectivity index is 1.66. The van der Waals surface area contributed by atoms with E-state index in [0.717, 1.165) is 16.7 Å². The molecule has 0 unspecified atom stereocenters. The normalized spacial score (nSPS) is 23.2. The molecule has 2 aliphatic rings. The van der Waals surface area contributed by atoms with Gasteiger partial charge in [0.2, 0.25) is 0 Å². The Labute approximate surface area is 187 Å². The quantitative estimate of drug-likeness (QED) is 0.648. The fourth-order valence-corrected chi connectivity index (χ4v) is 3.14. The van der Waals surface area contributed by atoms with Gasteiger partial charge in [-0.1, -0.05) is 35.9 Å². The van der Waals surface area contributed by atoms with Crippen LogP contribution < -0.4 is 4.74 Å².